The van der Waals surface area contributed by atoms with Gasteiger partial charge < -0.3 is 15.3 Å². The van der Waals surface area contributed by atoms with Crippen LogP contribution in [0, 0.1) is 12.8 Å². The van der Waals surface area contributed by atoms with Crippen molar-refractivity contribution in [2.24, 2.45) is 5.92 Å². The fourth-order valence-electron chi connectivity index (χ4n) is 3.86. The highest BCUT2D eigenvalue weighted by Crippen LogP contribution is 2.35. The lowest BCUT2D eigenvalue weighted by atomic mass is 10.0. The van der Waals surface area contributed by atoms with Crippen LogP contribution in [0.25, 0.3) is 11.1 Å². The summed E-state index contributed by atoms with van der Waals surface area (Å²) in [5.41, 5.74) is 3.96. The van der Waals surface area contributed by atoms with E-state index in [1.807, 2.05) is 37.1 Å². The highest BCUT2D eigenvalue weighted by molar-refractivity contribution is 6.34. The zero-order chi connectivity index (χ0) is 26.4. The summed E-state index contributed by atoms with van der Waals surface area (Å²) in [6.45, 7) is 6.70. The molecule has 0 saturated heterocycles. The van der Waals surface area contributed by atoms with E-state index in [0.29, 0.717) is 28.7 Å². The quantitative estimate of drug-likeness (QED) is 0.238. The Morgan fingerprint density at radius 3 is 2.39 bits per heavy atom. The minimum atomic E-state index is -1.29. The molecule has 0 fully saturated rings. The van der Waals surface area contributed by atoms with Crippen molar-refractivity contribution in [3.8, 4) is 11.1 Å². The highest BCUT2D eigenvalue weighted by Gasteiger charge is 2.18. The third-order valence-electron chi connectivity index (χ3n) is 5.39. The molecule has 1 heterocycles. The Morgan fingerprint density at radius 2 is 1.72 bits per heavy atom. The Labute approximate surface area is 215 Å². The number of hydrogen-bond donors (Lipinski definition) is 3. The molecule has 2 aromatic carbocycles. The van der Waals surface area contributed by atoms with Crippen LogP contribution in [0.3, 0.4) is 0 Å². The van der Waals surface area contributed by atoms with Gasteiger partial charge in [0.2, 0.25) is 5.91 Å². The van der Waals surface area contributed by atoms with E-state index in [1.54, 1.807) is 30.5 Å². The van der Waals surface area contributed by atoms with Crippen molar-refractivity contribution in [1.82, 2.24) is 4.98 Å². The maximum absolute atomic E-state index is 12.9. The molecule has 0 aliphatic carbocycles. The van der Waals surface area contributed by atoms with Crippen LogP contribution in [0.2, 0.25) is 5.02 Å². The number of aryl methyl sites for hydroxylation is 1. The number of halogens is 1. The topological polar surface area (TPSA) is 112 Å². The second-order valence-corrected chi connectivity index (χ2v) is 9.38. The molecule has 0 saturated carbocycles. The number of aromatic nitrogens is 1. The smallest absolute Gasteiger partial charge is 0.409 e. The van der Waals surface area contributed by atoms with Gasteiger partial charge in [-0.1, -0.05) is 43.6 Å². The molecule has 36 heavy (non-hydrogen) atoms. The average molecular weight is 509 g/mol. The van der Waals surface area contributed by atoms with Crippen LogP contribution in [-0.2, 0) is 4.79 Å². The van der Waals surface area contributed by atoms with E-state index in [-0.39, 0.29) is 17.2 Å². The van der Waals surface area contributed by atoms with Gasteiger partial charge in [-0.25, -0.2) is 4.79 Å². The molecular formula is C27H29ClN4O4. The Bertz CT molecular complexity index is 1290. The number of benzene rings is 2. The third-order valence-corrected chi connectivity index (χ3v) is 5.69. The minimum absolute atomic E-state index is 0.161. The molecule has 3 N–H and O–H groups in total. The summed E-state index contributed by atoms with van der Waals surface area (Å²) in [5, 5.41) is 14.5. The second kappa shape index (κ2) is 11.7. The molecule has 0 atom stereocenters. The van der Waals surface area contributed by atoms with Crippen LogP contribution in [0.1, 0.15) is 36.3 Å². The largest absolute Gasteiger partial charge is 0.465 e. The summed E-state index contributed by atoms with van der Waals surface area (Å²) >= 11 is 6.45. The molecule has 2 amide bonds. The van der Waals surface area contributed by atoms with Gasteiger partial charge >= 0.3 is 6.09 Å². The van der Waals surface area contributed by atoms with Crippen LogP contribution >= 0.6 is 11.6 Å². The molecule has 0 radical (unpaired) electrons. The van der Waals surface area contributed by atoms with Crippen molar-refractivity contribution < 1.29 is 19.5 Å². The Balaban J connectivity index is 1.79. The number of anilines is 3. The Morgan fingerprint density at radius 1 is 1.03 bits per heavy atom. The lowest BCUT2D eigenvalue weighted by Gasteiger charge is -2.24. The molecule has 3 aromatic rings. The molecule has 188 valence electrons. The van der Waals surface area contributed by atoms with Gasteiger partial charge in [-0.3, -0.25) is 19.9 Å². The number of ketones is 1. The van der Waals surface area contributed by atoms with Gasteiger partial charge in [0.1, 0.15) is 0 Å². The normalized spacial score (nSPS) is 10.7. The van der Waals surface area contributed by atoms with Crippen LogP contribution in [0.4, 0.5) is 21.9 Å². The van der Waals surface area contributed by atoms with Crippen LogP contribution in [0.5, 0.6) is 0 Å². The first-order chi connectivity index (χ1) is 17.0. The highest BCUT2D eigenvalue weighted by atomic mass is 35.5. The lowest BCUT2D eigenvalue weighted by Crippen LogP contribution is -2.23. The number of nitrogens with one attached hydrogen (secondary N) is 2. The Kier molecular flexibility index (Phi) is 8.66. The van der Waals surface area contributed by atoms with E-state index in [0.717, 1.165) is 16.8 Å². The van der Waals surface area contributed by atoms with E-state index in [9.17, 15) is 19.5 Å². The SMILES string of the molecule is Cc1cc(-c2cccc(C(=O)CC(=O)Nc3cc(Cl)c(N(C)CC(C)C)cc3NC(=O)O)c2)ccn1. The number of amides is 2. The number of hydrogen-bond acceptors (Lipinski definition) is 5. The van der Waals surface area contributed by atoms with E-state index in [2.05, 4.69) is 29.5 Å². The number of carbonyl (C=O) groups excluding carboxylic acids is 2. The fourth-order valence-corrected chi connectivity index (χ4v) is 4.17. The summed E-state index contributed by atoms with van der Waals surface area (Å²) in [4.78, 5) is 43.0. The van der Waals surface area contributed by atoms with Crippen molar-refractivity contribution in [3.05, 3.63) is 71.0 Å². The molecule has 0 bridgehead atoms. The number of pyridine rings is 1. The third kappa shape index (κ3) is 7.05. The van der Waals surface area contributed by atoms with Gasteiger partial charge in [0.05, 0.1) is 28.5 Å². The predicted octanol–water partition coefficient (Wildman–Crippen LogP) is 6.10. The van der Waals surface area contributed by atoms with Gasteiger partial charge in [-0.2, -0.15) is 0 Å². The maximum Gasteiger partial charge on any atom is 0.409 e. The summed E-state index contributed by atoms with van der Waals surface area (Å²) in [6, 6.07) is 13.8. The van der Waals surface area contributed by atoms with Gasteiger partial charge in [0.15, 0.2) is 5.78 Å². The molecular weight excluding hydrogens is 480 g/mol. The van der Waals surface area contributed by atoms with Gasteiger partial charge in [-0.15, -0.1) is 0 Å². The standard InChI is InChI=1S/C27H29ClN4O4/c1-16(2)15-32(4)24-13-23(31-27(35)36)22(12-21(24)28)30-26(34)14-25(33)20-7-5-6-18(11-20)19-8-9-29-17(3)10-19/h5-13,16,31H,14-15H2,1-4H3,(H,30,34)(H,35,36). The fraction of sp³-hybridized carbons (Fsp3) is 0.259. The monoisotopic (exact) mass is 508 g/mol. The molecule has 1 aromatic heterocycles. The van der Waals surface area contributed by atoms with Gasteiger partial charge in [0, 0.05) is 31.0 Å². The second-order valence-electron chi connectivity index (χ2n) is 8.97. The summed E-state index contributed by atoms with van der Waals surface area (Å²) in [5.74, 6) is -0.598. The van der Waals surface area contributed by atoms with E-state index in [4.69, 9.17) is 11.6 Å². The van der Waals surface area contributed by atoms with E-state index in [1.165, 1.54) is 6.07 Å². The zero-order valence-corrected chi connectivity index (χ0v) is 21.4. The van der Waals surface area contributed by atoms with Gasteiger partial charge in [0.25, 0.3) is 0 Å². The summed E-state index contributed by atoms with van der Waals surface area (Å²) < 4.78 is 0. The number of carboxylic acid groups (broad SMARTS) is 1. The molecule has 0 unspecified atom stereocenters. The molecule has 8 nitrogen and oxygen atoms in total. The summed E-state index contributed by atoms with van der Waals surface area (Å²) in [6.07, 6.45) is -0.00542. The van der Waals surface area contributed by atoms with Crippen molar-refractivity contribution >= 4 is 46.4 Å². The van der Waals surface area contributed by atoms with Crippen LogP contribution in [-0.4, -0.2) is 41.5 Å². The van der Waals surface area contributed by atoms with Crippen molar-refractivity contribution in [2.45, 2.75) is 27.2 Å². The average Bonchev–Trinajstić information content (AvgIpc) is 2.80. The molecule has 0 aliphatic heterocycles. The van der Waals surface area contributed by atoms with Crippen molar-refractivity contribution in [2.75, 3.05) is 29.1 Å². The zero-order valence-electron chi connectivity index (χ0n) is 20.6. The van der Waals surface area contributed by atoms with Crippen molar-refractivity contribution in [1.29, 1.82) is 0 Å². The Hall–Kier alpha value is -3.91. The predicted molar refractivity (Wildman–Crippen MR) is 143 cm³/mol. The first-order valence-corrected chi connectivity index (χ1v) is 11.8. The van der Waals surface area contributed by atoms with Crippen LogP contribution < -0.4 is 15.5 Å². The molecule has 9 heteroatoms. The molecule has 3 rings (SSSR count). The number of rotatable bonds is 9. The number of Topliss-reactive ketones (excluding diaryl/α,β-unsaturated/α-hetero) is 1. The number of carbonyl (C=O) groups is 3. The number of nitrogens with zero attached hydrogens (tertiary/aromatic N) is 2. The molecule has 0 spiro atoms. The first-order valence-electron chi connectivity index (χ1n) is 11.4. The lowest BCUT2D eigenvalue weighted by molar-refractivity contribution is -0.115. The van der Waals surface area contributed by atoms with Crippen molar-refractivity contribution in [3.63, 3.8) is 0 Å². The minimum Gasteiger partial charge on any atom is -0.465 e. The van der Waals surface area contributed by atoms with E-state index >= 15 is 0 Å². The van der Waals surface area contributed by atoms with Gasteiger partial charge in [-0.05, 0) is 54.3 Å². The van der Waals surface area contributed by atoms with E-state index < -0.39 is 18.4 Å². The summed E-state index contributed by atoms with van der Waals surface area (Å²) in [7, 11) is 1.85. The molecule has 0 aliphatic rings. The van der Waals surface area contributed by atoms with Crippen LogP contribution in [0.15, 0.2) is 54.7 Å². The first kappa shape index (κ1) is 26.7. The maximum atomic E-state index is 12.9.